The molecule has 0 fully saturated rings. The SMILES string of the molecule is CCCCCCCCCCCCCCCCCCCCCCCCCCCCCCCCCCCCCCCCCCC(=O)NC(CO)C(O)CCCCCCCC. The molecule has 1 amide bonds. The summed E-state index contributed by atoms with van der Waals surface area (Å²) < 4.78 is 0. The molecular formula is C54H109NO3. The number of carbonyl (C=O) groups excluding carboxylic acids is 1. The fourth-order valence-electron chi connectivity index (χ4n) is 8.95. The second-order valence-corrected chi connectivity index (χ2v) is 19.0. The average molecular weight is 820 g/mol. The summed E-state index contributed by atoms with van der Waals surface area (Å²) in [6.45, 7) is 4.33. The van der Waals surface area contributed by atoms with E-state index < -0.39 is 12.1 Å². The molecule has 3 N–H and O–H groups in total. The van der Waals surface area contributed by atoms with Gasteiger partial charge in [0.05, 0.1) is 18.8 Å². The Balaban J connectivity index is 3.23. The summed E-state index contributed by atoms with van der Waals surface area (Å²) in [5, 5.41) is 22.9. The Labute approximate surface area is 365 Å². The van der Waals surface area contributed by atoms with Gasteiger partial charge in [-0.05, 0) is 12.8 Å². The van der Waals surface area contributed by atoms with Crippen LogP contribution in [-0.4, -0.2) is 34.9 Å². The molecule has 348 valence electrons. The fourth-order valence-corrected chi connectivity index (χ4v) is 8.95. The van der Waals surface area contributed by atoms with Crippen LogP contribution in [0, 0.1) is 0 Å². The van der Waals surface area contributed by atoms with Crippen molar-refractivity contribution in [1.82, 2.24) is 5.32 Å². The van der Waals surface area contributed by atoms with Crippen molar-refractivity contribution in [2.24, 2.45) is 0 Å². The maximum atomic E-state index is 12.3. The first-order valence-corrected chi connectivity index (χ1v) is 27.2. The van der Waals surface area contributed by atoms with Crippen LogP contribution in [0.15, 0.2) is 0 Å². The zero-order valence-corrected chi connectivity index (χ0v) is 40.1. The van der Waals surface area contributed by atoms with Crippen LogP contribution in [0.25, 0.3) is 0 Å². The van der Waals surface area contributed by atoms with E-state index in [2.05, 4.69) is 19.2 Å². The minimum absolute atomic E-state index is 0.0299. The highest BCUT2D eigenvalue weighted by atomic mass is 16.3. The molecule has 0 spiro atoms. The smallest absolute Gasteiger partial charge is 0.220 e. The zero-order valence-electron chi connectivity index (χ0n) is 40.1. The summed E-state index contributed by atoms with van der Waals surface area (Å²) in [6.07, 6.45) is 64.3. The Morgan fingerprint density at radius 3 is 0.776 bits per heavy atom. The predicted molar refractivity (Wildman–Crippen MR) is 258 cm³/mol. The quantitative estimate of drug-likeness (QED) is 0.0536. The van der Waals surface area contributed by atoms with Gasteiger partial charge in [0, 0.05) is 6.42 Å². The van der Waals surface area contributed by atoms with Crippen molar-refractivity contribution in [3.63, 3.8) is 0 Å². The second kappa shape index (κ2) is 50.7. The Hall–Kier alpha value is -0.610. The molecule has 2 unspecified atom stereocenters. The Bertz CT molecular complexity index is 759. The van der Waals surface area contributed by atoms with E-state index in [1.165, 1.54) is 270 Å². The van der Waals surface area contributed by atoms with Crippen molar-refractivity contribution in [2.45, 2.75) is 334 Å². The van der Waals surface area contributed by atoms with Gasteiger partial charge in [-0.1, -0.05) is 303 Å². The van der Waals surface area contributed by atoms with Crippen molar-refractivity contribution in [1.29, 1.82) is 0 Å². The molecule has 0 aliphatic carbocycles. The van der Waals surface area contributed by atoms with Gasteiger partial charge in [-0.3, -0.25) is 4.79 Å². The van der Waals surface area contributed by atoms with E-state index in [9.17, 15) is 15.0 Å². The lowest BCUT2D eigenvalue weighted by Crippen LogP contribution is -2.45. The number of nitrogens with one attached hydrogen (secondary N) is 1. The molecule has 0 bridgehead atoms. The van der Waals surface area contributed by atoms with E-state index in [1.807, 2.05) is 0 Å². The highest BCUT2D eigenvalue weighted by molar-refractivity contribution is 5.76. The molecule has 0 saturated carbocycles. The summed E-state index contributed by atoms with van der Waals surface area (Å²) >= 11 is 0. The lowest BCUT2D eigenvalue weighted by Gasteiger charge is -2.22. The van der Waals surface area contributed by atoms with E-state index in [4.69, 9.17) is 0 Å². The van der Waals surface area contributed by atoms with Gasteiger partial charge < -0.3 is 15.5 Å². The van der Waals surface area contributed by atoms with E-state index in [0.717, 1.165) is 25.7 Å². The molecule has 0 aliphatic rings. The van der Waals surface area contributed by atoms with Crippen LogP contribution in [0.3, 0.4) is 0 Å². The number of amides is 1. The van der Waals surface area contributed by atoms with E-state index in [-0.39, 0.29) is 12.5 Å². The van der Waals surface area contributed by atoms with Crippen molar-refractivity contribution >= 4 is 5.91 Å². The van der Waals surface area contributed by atoms with Gasteiger partial charge in [0.2, 0.25) is 5.91 Å². The van der Waals surface area contributed by atoms with Gasteiger partial charge in [0.1, 0.15) is 0 Å². The van der Waals surface area contributed by atoms with Crippen LogP contribution in [0.1, 0.15) is 322 Å². The maximum absolute atomic E-state index is 12.3. The third-order valence-corrected chi connectivity index (χ3v) is 13.1. The Kier molecular flexibility index (Phi) is 50.2. The van der Waals surface area contributed by atoms with E-state index in [0.29, 0.717) is 12.8 Å². The van der Waals surface area contributed by atoms with Crippen molar-refractivity contribution in [3.8, 4) is 0 Å². The first-order valence-electron chi connectivity index (χ1n) is 27.2. The van der Waals surface area contributed by atoms with Gasteiger partial charge in [0.25, 0.3) is 0 Å². The van der Waals surface area contributed by atoms with Crippen LogP contribution in [0.4, 0.5) is 0 Å². The van der Waals surface area contributed by atoms with E-state index >= 15 is 0 Å². The topological polar surface area (TPSA) is 69.6 Å². The maximum Gasteiger partial charge on any atom is 0.220 e. The third-order valence-electron chi connectivity index (χ3n) is 13.1. The molecule has 0 aromatic carbocycles. The van der Waals surface area contributed by atoms with Crippen LogP contribution < -0.4 is 5.32 Å². The first-order chi connectivity index (χ1) is 28.7. The Morgan fingerprint density at radius 1 is 0.345 bits per heavy atom. The van der Waals surface area contributed by atoms with E-state index in [1.54, 1.807) is 0 Å². The van der Waals surface area contributed by atoms with Crippen LogP contribution in [0.2, 0.25) is 0 Å². The summed E-state index contributed by atoms with van der Waals surface area (Å²) in [7, 11) is 0. The number of rotatable bonds is 51. The number of hydrogen-bond donors (Lipinski definition) is 3. The molecule has 0 aromatic rings. The average Bonchev–Trinajstić information content (AvgIpc) is 3.23. The normalized spacial score (nSPS) is 12.7. The zero-order chi connectivity index (χ0) is 42.1. The number of unbranched alkanes of at least 4 members (excludes halogenated alkanes) is 44. The van der Waals surface area contributed by atoms with Crippen LogP contribution in [-0.2, 0) is 4.79 Å². The van der Waals surface area contributed by atoms with Gasteiger partial charge in [-0.2, -0.15) is 0 Å². The summed E-state index contributed by atoms with van der Waals surface area (Å²) in [4.78, 5) is 12.3. The monoisotopic (exact) mass is 820 g/mol. The standard InChI is InChI=1S/C54H109NO3/c1-3-5-7-9-11-12-13-14-15-16-17-18-19-20-21-22-23-24-25-26-27-28-29-30-31-32-33-34-35-36-37-38-39-40-41-42-43-44-46-48-50-54(58)55-52(51-56)53(57)49-47-45-10-8-6-4-2/h52-53,56-57H,3-51H2,1-2H3,(H,55,58). The van der Waals surface area contributed by atoms with Crippen molar-refractivity contribution in [2.75, 3.05) is 6.61 Å². The molecule has 0 radical (unpaired) electrons. The van der Waals surface area contributed by atoms with Crippen LogP contribution in [0.5, 0.6) is 0 Å². The highest BCUT2D eigenvalue weighted by Crippen LogP contribution is 2.18. The highest BCUT2D eigenvalue weighted by Gasteiger charge is 2.20. The van der Waals surface area contributed by atoms with Gasteiger partial charge >= 0.3 is 0 Å². The molecule has 0 saturated heterocycles. The lowest BCUT2D eigenvalue weighted by atomic mass is 10.0. The van der Waals surface area contributed by atoms with Crippen LogP contribution >= 0.6 is 0 Å². The first kappa shape index (κ1) is 57.4. The lowest BCUT2D eigenvalue weighted by molar-refractivity contribution is -0.123. The molecule has 0 rings (SSSR count). The number of aliphatic hydroxyl groups excluding tert-OH is 2. The van der Waals surface area contributed by atoms with Gasteiger partial charge in [-0.15, -0.1) is 0 Å². The minimum atomic E-state index is -0.650. The van der Waals surface area contributed by atoms with Gasteiger partial charge in [-0.25, -0.2) is 0 Å². The fraction of sp³-hybridized carbons (Fsp3) is 0.981. The molecule has 4 heteroatoms. The molecule has 58 heavy (non-hydrogen) atoms. The number of hydrogen-bond acceptors (Lipinski definition) is 3. The summed E-state index contributed by atoms with van der Waals surface area (Å²) in [5.41, 5.74) is 0. The molecule has 0 aromatic heterocycles. The minimum Gasteiger partial charge on any atom is -0.394 e. The number of carbonyl (C=O) groups is 1. The molecular weight excluding hydrogens is 711 g/mol. The molecule has 4 nitrogen and oxygen atoms in total. The molecule has 0 heterocycles. The third kappa shape index (κ3) is 46.5. The predicted octanol–water partition coefficient (Wildman–Crippen LogP) is 17.6. The van der Waals surface area contributed by atoms with Crippen molar-refractivity contribution < 1.29 is 15.0 Å². The summed E-state index contributed by atoms with van der Waals surface area (Å²) in [6, 6.07) is -0.527. The second-order valence-electron chi connectivity index (χ2n) is 19.0. The molecule has 2 atom stereocenters. The number of aliphatic hydroxyl groups is 2. The van der Waals surface area contributed by atoms with Crippen molar-refractivity contribution in [3.05, 3.63) is 0 Å². The largest absolute Gasteiger partial charge is 0.394 e. The Morgan fingerprint density at radius 2 is 0.552 bits per heavy atom. The van der Waals surface area contributed by atoms with Gasteiger partial charge in [0.15, 0.2) is 0 Å². The molecule has 0 aliphatic heterocycles. The summed E-state index contributed by atoms with van der Waals surface area (Å²) in [5.74, 6) is -0.0299.